The number of ether oxygens (including phenoxy) is 2. The number of amides is 2. The number of hydrogen-bond donors (Lipinski definition) is 0. The maximum atomic E-state index is 14.1. The Morgan fingerprint density at radius 2 is 2.13 bits per heavy atom. The molecule has 2 aliphatic heterocycles. The molecule has 2 aliphatic rings. The number of carbonyl (C=O) groups is 2. The van der Waals surface area contributed by atoms with Crippen molar-refractivity contribution < 1.29 is 23.5 Å². The summed E-state index contributed by atoms with van der Waals surface area (Å²) in [5.74, 6) is -0.368. The van der Waals surface area contributed by atoms with Crippen LogP contribution in [0.5, 0.6) is 0 Å². The second-order valence-corrected chi connectivity index (χ2v) is 7.55. The van der Waals surface area contributed by atoms with E-state index in [9.17, 15) is 14.0 Å². The third kappa shape index (κ3) is 5.23. The van der Waals surface area contributed by atoms with Gasteiger partial charge in [-0.05, 0) is 18.6 Å². The molecule has 2 fully saturated rings. The SMILES string of the molecule is O=C1CCCN1CCOCC(=O)N1CCO[C@@H](c2cncc(-c3ccccc3F)n2)C1. The van der Waals surface area contributed by atoms with Crippen LogP contribution in [-0.2, 0) is 19.1 Å². The highest BCUT2D eigenvalue weighted by Crippen LogP contribution is 2.24. The molecule has 1 aromatic heterocycles. The number of hydrogen-bond acceptors (Lipinski definition) is 6. The van der Waals surface area contributed by atoms with Gasteiger partial charge in [0, 0.05) is 31.6 Å². The first kappa shape index (κ1) is 21.3. The average molecular weight is 428 g/mol. The zero-order valence-electron chi connectivity index (χ0n) is 17.2. The van der Waals surface area contributed by atoms with Crippen molar-refractivity contribution in [3.05, 3.63) is 48.2 Å². The Bertz CT molecular complexity index is 941. The molecule has 0 N–H and O–H groups in total. The fraction of sp³-hybridized carbons (Fsp3) is 0.455. The van der Waals surface area contributed by atoms with Gasteiger partial charge in [0.1, 0.15) is 18.5 Å². The maximum Gasteiger partial charge on any atom is 0.248 e. The van der Waals surface area contributed by atoms with Crippen LogP contribution in [0, 0.1) is 5.82 Å². The molecule has 1 aromatic carbocycles. The van der Waals surface area contributed by atoms with Gasteiger partial charge in [-0.2, -0.15) is 0 Å². The van der Waals surface area contributed by atoms with E-state index in [1.807, 2.05) is 0 Å². The first-order chi connectivity index (χ1) is 15.1. The van der Waals surface area contributed by atoms with Crippen molar-refractivity contribution >= 4 is 11.8 Å². The van der Waals surface area contributed by atoms with Gasteiger partial charge in [-0.1, -0.05) is 12.1 Å². The summed E-state index contributed by atoms with van der Waals surface area (Å²) in [6.07, 6.45) is 4.11. The first-order valence-corrected chi connectivity index (χ1v) is 10.4. The standard InChI is InChI=1S/C22H25FN4O4/c23-17-5-2-1-4-16(17)18-12-24-13-19(25-18)20-14-27(9-11-31-20)22(29)15-30-10-8-26-7-3-6-21(26)28/h1-2,4-5,12-13,20H,3,6-11,14-15H2/t20-/m1/s1. The molecule has 0 aliphatic carbocycles. The second-order valence-electron chi connectivity index (χ2n) is 7.55. The number of rotatable bonds is 7. The molecule has 0 radical (unpaired) electrons. The van der Waals surface area contributed by atoms with Crippen LogP contribution in [0.4, 0.5) is 4.39 Å². The summed E-state index contributed by atoms with van der Waals surface area (Å²) in [5, 5.41) is 0. The molecule has 31 heavy (non-hydrogen) atoms. The molecule has 4 rings (SSSR count). The lowest BCUT2D eigenvalue weighted by molar-refractivity contribution is -0.144. The van der Waals surface area contributed by atoms with Crippen LogP contribution in [0.25, 0.3) is 11.3 Å². The van der Waals surface area contributed by atoms with Gasteiger partial charge in [-0.15, -0.1) is 0 Å². The number of nitrogens with zero attached hydrogens (tertiary/aromatic N) is 4. The highest BCUT2D eigenvalue weighted by atomic mass is 19.1. The minimum Gasteiger partial charge on any atom is -0.370 e. The monoisotopic (exact) mass is 428 g/mol. The number of benzene rings is 1. The lowest BCUT2D eigenvalue weighted by atomic mass is 10.1. The molecular formula is C22H25FN4O4. The van der Waals surface area contributed by atoms with E-state index in [1.54, 1.807) is 34.2 Å². The van der Waals surface area contributed by atoms with Gasteiger partial charge in [0.25, 0.3) is 0 Å². The molecular weight excluding hydrogens is 403 g/mol. The summed E-state index contributed by atoms with van der Waals surface area (Å²) in [4.78, 5) is 36.3. The van der Waals surface area contributed by atoms with Gasteiger partial charge in [0.2, 0.25) is 11.8 Å². The molecule has 2 aromatic rings. The molecule has 0 spiro atoms. The largest absolute Gasteiger partial charge is 0.370 e. The van der Waals surface area contributed by atoms with Crippen molar-refractivity contribution in [1.82, 2.24) is 19.8 Å². The highest BCUT2D eigenvalue weighted by molar-refractivity contribution is 5.78. The fourth-order valence-corrected chi connectivity index (χ4v) is 3.76. The summed E-state index contributed by atoms with van der Waals surface area (Å²) in [5.41, 5.74) is 1.33. The van der Waals surface area contributed by atoms with Crippen LogP contribution >= 0.6 is 0 Å². The lowest BCUT2D eigenvalue weighted by Gasteiger charge is -2.32. The Balaban J connectivity index is 1.32. The van der Waals surface area contributed by atoms with Crippen LogP contribution in [0.15, 0.2) is 36.7 Å². The van der Waals surface area contributed by atoms with Crippen molar-refractivity contribution in [2.75, 3.05) is 46.0 Å². The number of morpholine rings is 1. The van der Waals surface area contributed by atoms with Crippen LogP contribution in [0.1, 0.15) is 24.6 Å². The minimum absolute atomic E-state index is 0.0459. The van der Waals surface area contributed by atoms with Gasteiger partial charge < -0.3 is 19.3 Å². The van der Waals surface area contributed by atoms with Crippen LogP contribution in [0.2, 0.25) is 0 Å². The van der Waals surface area contributed by atoms with E-state index in [0.717, 1.165) is 13.0 Å². The molecule has 9 heteroatoms. The van der Waals surface area contributed by atoms with E-state index >= 15 is 0 Å². The predicted octanol–water partition coefficient (Wildman–Crippen LogP) is 1.82. The fourth-order valence-electron chi connectivity index (χ4n) is 3.76. The third-order valence-electron chi connectivity index (χ3n) is 5.45. The number of carbonyl (C=O) groups excluding carboxylic acids is 2. The average Bonchev–Trinajstić information content (AvgIpc) is 3.21. The molecule has 1 atom stereocenters. The lowest BCUT2D eigenvalue weighted by Crippen LogP contribution is -2.44. The van der Waals surface area contributed by atoms with Crippen molar-refractivity contribution in [2.24, 2.45) is 0 Å². The number of aromatic nitrogens is 2. The van der Waals surface area contributed by atoms with Crippen LogP contribution in [-0.4, -0.2) is 77.6 Å². The predicted molar refractivity (Wildman–Crippen MR) is 109 cm³/mol. The third-order valence-corrected chi connectivity index (χ3v) is 5.45. The Hall–Kier alpha value is -2.91. The number of halogens is 1. The van der Waals surface area contributed by atoms with Gasteiger partial charge >= 0.3 is 0 Å². The van der Waals surface area contributed by atoms with Gasteiger partial charge in [-0.3, -0.25) is 14.6 Å². The summed E-state index contributed by atoms with van der Waals surface area (Å²) in [6.45, 7) is 2.71. The Kier molecular flexibility index (Phi) is 6.83. The smallest absolute Gasteiger partial charge is 0.248 e. The molecule has 2 saturated heterocycles. The summed E-state index contributed by atoms with van der Waals surface area (Å²) in [6, 6.07) is 6.38. The molecule has 0 unspecified atom stereocenters. The molecule has 0 saturated carbocycles. The molecule has 8 nitrogen and oxygen atoms in total. The Morgan fingerprint density at radius 1 is 1.26 bits per heavy atom. The van der Waals surface area contributed by atoms with Crippen molar-refractivity contribution in [3.8, 4) is 11.3 Å². The van der Waals surface area contributed by atoms with Crippen molar-refractivity contribution in [3.63, 3.8) is 0 Å². The zero-order valence-corrected chi connectivity index (χ0v) is 17.2. The Morgan fingerprint density at radius 3 is 2.94 bits per heavy atom. The summed E-state index contributed by atoms with van der Waals surface area (Å²) < 4.78 is 25.4. The zero-order chi connectivity index (χ0) is 21.6. The van der Waals surface area contributed by atoms with Crippen LogP contribution < -0.4 is 0 Å². The molecule has 164 valence electrons. The normalized spacial score (nSPS) is 19.1. The highest BCUT2D eigenvalue weighted by Gasteiger charge is 2.27. The summed E-state index contributed by atoms with van der Waals surface area (Å²) >= 11 is 0. The topological polar surface area (TPSA) is 84.9 Å². The molecule has 0 bridgehead atoms. The van der Waals surface area contributed by atoms with Crippen molar-refractivity contribution in [2.45, 2.75) is 18.9 Å². The quantitative estimate of drug-likeness (QED) is 0.626. The molecule has 2 amide bonds. The first-order valence-electron chi connectivity index (χ1n) is 10.4. The maximum absolute atomic E-state index is 14.1. The van der Waals surface area contributed by atoms with E-state index in [1.165, 1.54) is 12.3 Å². The Labute approximate surface area is 180 Å². The van der Waals surface area contributed by atoms with E-state index in [2.05, 4.69) is 9.97 Å². The van der Waals surface area contributed by atoms with Crippen LogP contribution in [0.3, 0.4) is 0 Å². The van der Waals surface area contributed by atoms with E-state index in [-0.39, 0.29) is 24.2 Å². The minimum atomic E-state index is -0.445. The van der Waals surface area contributed by atoms with Gasteiger partial charge in [-0.25, -0.2) is 9.37 Å². The van der Waals surface area contributed by atoms with Gasteiger partial charge in [0.05, 0.1) is 43.5 Å². The van der Waals surface area contributed by atoms with Gasteiger partial charge in [0.15, 0.2) is 0 Å². The molecule has 3 heterocycles. The number of likely N-dealkylation sites (tertiary alicyclic amines) is 1. The second kappa shape index (κ2) is 9.93. The van der Waals surface area contributed by atoms with Crippen molar-refractivity contribution in [1.29, 1.82) is 0 Å². The summed E-state index contributed by atoms with van der Waals surface area (Å²) in [7, 11) is 0. The van der Waals surface area contributed by atoms with E-state index < -0.39 is 6.10 Å². The van der Waals surface area contributed by atoms with E-state index in [0.29, 0.717) is 56.2 Å². The van der Waals surface area contributed by atoms with E-state index in [4.69, 9.17) is 9.47 Å².